The third-order valence-corrected chi connectivity index (χ3v) is 6.58. The number of fused-ring (bicyclic) bond motifs is 1. The zero-order chi connectivity index (χ0) is 23.3. The molecule has 1 aliphatic rings. The van der Waals surface area contributed by atoms with Crippen molar-refractivity contribution in [3.8, 4) is 0 Å². The van der Waals surface area contributed by atoms with Crippen LogP contribution in [0.5, 0.6) is 0 Å². The van der Waals surface area contributed by atoms with Gasteiger partial charge in [0.15, 0.2) is 0 Å². The largest absolute Gasteiger partial charge is 0.478 e. The lowest BCUT2D eigenvalue weighted by atomic mass is 10.0. The van der Waals surface area contributed by atoms with Crippen molar-refractivity contribution in [2.45, 2.75) is 31.3 Å². The summed E-state index contributed by atoms with van der Waals surface area (Å²) in [6.45, 7) is 4.60. The minimum Gasteiger partial charge on any atom is -0.478 e. The Balaban J connectivity index is 0.000000269. The maximum atomic E-state index is 12.6. The molecule has 3 aromatic rings. The number of anilines is 2. The van der Waals surface area contributed by atoms with E-state index in [1.165, 1.54) is 6.07 Å². The van der Waals surface area contributed by atoms with Gasteiger partial charge >= 0.3 is 5.97 Å². The summed E-state index contributed by atoms with van der Waals surface area (Å²) in [5.41, 5.74) is 4.40. The highest BCUT2D eigenvalue weighted by atomic mass is 32.2. The summed E-state index contributed by atoms with van der Waals surface area (Å²) >= 11 is 0. The Morgan fingerprint density at radius 2 is 1.72 bits per heavy atom. The Morgan fingerprint density at radius 3 is 2.34 bits per heavy atom. The number of rotatable bonds is 4. The smallest absolute Gasteiger partial charge is 0.335 e. The lowest BCUT2D eigenvalue weighted by Gasteiger charge is -2.23. The van der Waals surface area contributed by atoms with E-state index in [1.807, 2.05) is 26.0 Å². The van der Waals surface area contributed by atoms with Gasteiger partial charge < -0.3 is 15.5 Å². The van der Waals surface area contributed by atoms with E-state index >= 15 is 0 Å². The van der Waals surface area contributed by atoms with Gasteiger partial charge in [0.2, 0.25) is 0 Å². The van der Waals surface area contributed by atoms with Crippen LogP contribution in [0.4, 0.5) is 11.4 Å². The fourth-order valence-electron chi connectivity index (χ4n) is 3.24. The van der Waals surface area contributed by atoms with E-state index in [4.69, 9.17) is 5.11 Å². The molecule has 1 aliphatic heterocycles. The fourth-order valence-corrected chi connectivity index (χ4v) is 4.33. The lowest BCUT2D eigenvalue weighted by molar-refractivity contribution is 0.0697. The zero-order valence-electron chi connectivity index (χ0n) is 17.9. The van der Waals surface area contributed by atoms with Crippen LogP contribution in [0, 0.1) is 13.8 Å². The monoisotopic (exact) mass is 454 g/mol. The second-order valence-electron chi connectivity index (χ2n) is 7.56. The summed E-state index contributed by atoms with van der Waals surface area (Å²) < 4.78 is 27.7. The van der Waals surface area contributed by atoms with E-state index in [-0.39, 0.29) is 4.90 Å². The molecule has 1 atom stereocenters. The van der Waals surface area contributed by atoms with E-state index in [0.29, 0.717) is 29.8 Å². The average Bonchev–Trinajstić information content (AvgIpc) is 2.77. The molecule has 168 valence electrons. The second kappa shape index (κ2) is 9.84. The van der Waals surface area contributed by atoms with Crippen LogP contribution in [0.3, 0.4) is 0 Å². The second-order valence-corrected chi connectivity index (χ2v) is 9.24. The Bertz CT molecular complexity index is 1210. The number of benzene rings is 3. The van der Waals surface area contributed by atoms with Gasteiger partial charge in [-0.2, -0.15) is 0 Å². The summed E-state index contributed by atoms with van der Waals surface area (Å²) in [5, 5.41) is 21.6. The molecule has 4 rings (SSSR count). The molecule has 32 heavy (non-hydrogen) atoms. The van der Waals surface area contributed by atoms with E-state index < -0.39 is 22.1 Å². The first-order valence-corrected chi connectivity index (χ1v) is 11.6. The predicted octanol–water partition coefficient (Wildman–Crippen LogP) is 4.34. The molecule has 7 nitrogen and oxygen atoms in total. The zero-order valence-corrected chi connectivity index (χ0v) is 18.7. The summed E-state index contributed by atoms with van der Waals surface area (Å²) in [4.78, 5) is 10.4. The number of carboxylic acid groups (broad SMARTS) is 1. The maximum Gasteiger partial charge on any atom is 0.335 e. The predicted molar refractivity (Wildman–Crippen MR) is 125 cm³/mol. The molecule has 0 radical (unpaired) electrons. The van der Waals surface area contributed by atoms with Crippen molar-refractivity contribution in [2.24, 2.45) is 0 Å². The molecule has 0 spiro atoms. The minimum absolute atomic E-state index is 0.150. The number of aliphatic hydroxyl groups is 1. The Labute approximate surface area is 187 Å². The van der Waals surface area contributed by atoms with Gasteiger partial charge in [-0.15, -0.1) is 0 Å². The first-order valence-electron chi connectivity index (χ1n) is 10.1. The molecule has 8 heteroatoms. The summed E-state index contributed by atoms with van der Waals surface area (Å²) in [7, 11) is -3.69. The summed E-state index contributed by atoms with van der Waals surface area (Å²) in [6, 6.07) is 18.5. The van der Waals surface area contributed by atoms with E-state index in [0.717, 1.165) is 16.8 Å². The van der Waals surface area contributed by atoms with Crippen molar-refractivity contribution in [1.82, 2.24) is 0 Å². The van der Waals surface area contributed by atoms with E-state index in [9.17, 15) is 18.3 Å². The number of aromatic carboxylic acids is 1. The molecule has 0 unspecified atom stereocenters. The van der Waals surface area contributed by atoms with Crippen LogP contribution in [0.25, 0.3) is 0 Å². The first kappa shape index (κ1) is 23.3. The van der Waals surface area contributed by atoms with Crippen LogP contribution in [-0.4, -0.2) is 31.1 Å². The van der Waals surface area contributed by atoms with Gasteiger partial charge in [-0.25, -0.2) is 13.2 Å². The molecule has 0 aliphatic carbocycles. The number of carbonyl (C=O) groups is 1. The van der Waals surface area contributed by atoms with Gasteiger partial charge in [0.1, 0.15) is 0 Å². The van der Waals surface area contributed by atoms with Crippen LogP contribution in [-0.2, 0) is 10.0 Å². The van der Waals surface area contributed by atoms with Crippen molar-refractivity contribution in [3.05, 3.63) is 89.0 Å². The normalized spacial score (nSPS) is 14.9. The van der Waals surface area contributed by atoms with Crippen LogP contribution in [0.1, 0.15) is 39.6 Å². The first-order chi connectivity index (χ1) is 15.2. The molecule has 0 saturated heterocycles. The highest BCUT2D eigenvalue weighted by Gasteiger charge is 2.22. The van der Waals surface area contributed by atoms with E-state index in [2.05, 4.69) is 10.0 Å². The van der Waals surface area contributed by atoms with E-state index in [1.54, 1.807) is 48.5 Å². The maximum absolute atomic E-state index is 12.6. The lowest BCUT2D eigenvalue weighted by Crippen LogP contribution is -2.18. The quantitative estimate of drug-likeness (QED) is 0.466. The van der Waals surface area contributed by atoms with Crippen LogP contribution < -0.4 is 10.0 Å². The highest BCUT2D eigenvalue weighted by Crippen LogP contribution is 2.32. The molecule has 0 saturated carbocycles. The third-order valence-electron chi connectivity index (χ3n) is 5.21. The van der Waals surface area contributed by atoms with Crippen molar-refractivity contribution >= 4 is 27.4 Å². The molecule has 0 amide bonds. The Kier molecular flexibility index (Phi) is 7.17. The van der Waals surface area contributed by atoms with Crippen LogP contribution >= 0.6 is 0 Å². The number of carboxylic acids is 1. The molecule has 1 heterocycles. The molecule has 0 fully saturated rings. The Morgan fingerprint density at radius 1 is 1.00 bits per heavy atom. The molecule has 0 aromatic heterocycles. The number of hydrogen-bond acceptors (Lipinski definition) is 5. The molecular weight excluding hydrogens is 428 g/mol. The standard InChI is InChI=1S/C17H20N2O3S.C7H6O2/c1-11-3-4-13(9-12(11)2)19-23(21,22)14-5-6-16-15(10-14)17(20)7-8-18-16;8-7(9)6-4-2-1-3-5-6/h3-6,9-10,17-20H,7-8H2,1-2H3;1-5H,(H,8,9)/t17-;/m0./s1. The Hall–Kier alpha value is -3.36. The van der Waals surface area contributed by atoms with Gasteiger partial charge in [-0.05, 0) is 73.9 Å². The summed E-state index contributed by atoms with van der Waals surface area (Å²) in [6.07, 6.45) is -0.0656. The highest BCUT2D eigenvalue weighted by molar-refractivity contribution is 7.92. The topological polar surface area (TPSA) is 116 Å². The minimum atomic E-state index is -3.69. The van der Waals surface area contributed by atoms with Gasteiger partial charge in [0.25, 0.3) is 10.0 Å². The number of aliphatic hydroxyl groups excluding tert-OH is 1. The molecule has 0 bridgehead atoms. The SMILES string of the molecule is Cc1ccc(NS(=O)(=O)c2ccc3c(c2)[C@@H](O)CCN3)cc1C.O=C(O)c1ccccc1. The van der Waals surface area contributed by atoms with Gasteiger partial charge in [0, 0.05) is 23.5 Å². The molecular formula is C24H26N2O5S. The number of nitrogens with one attached hydrogen (secondary N) is 2. The fraction of sp³-hybridized carbons (Fsp3) is 0.208. The van der Waals surface area contributed by atoms with Gasteiger partial charge in [-0.1, -0.05) is 24.3 Å². The number of sulfonamides is 1. The average molecular weight is 455 g/mol. The number of hydrogen-bond donors (Lipinski definition) is 4. The van der Waals surface area contributed by atoms with Crippen molar-refractivity contribution in [2.75, 3.05) is 16.6 Å². The molecule has 4 N–H and O–H groups in total. The van der Waals surface area contributed by atoms with Crippen molar-refractivity contribution in [1.29, 1.82) is 0 Å². The van der Waals surface area contributed by atoms with Crippen LogP contribution in [0.15, 0.2) is 71.6 Å². The third kappa shape index (κ3) is 5.66. The number of aryl methyl sites for hydroxylation is 2. The summed E-state index contributed by atoms with van der Waals surface area (Å²) in [5.74, 6) is -0.879. The molecule has 3 aromatic carbocycles. The van der Waals surface area contributed by atoms with Crippen LogP contribution in [0.2, 0.25) is 0 Å². The van der Waals surface area contributed by atoms with Crippen molar-refractivity contribution < 1.29 is 23.4 Å². The van der Waals surface area contributed by atoms with Gasteiger partial charge in [-0.3, -0.25) is 4.72 Å². The van der Waals surface area contributed by atoms with Gasteiger partial charge in [0.05, 0.1) is 16.6 Å². The van der Waals surface area contributed by atoms with Crippen molar-refractivity contribution in [3.63, 3.8) is 0 Å².